The number of alkyl halides is 2. The first-order chi connectivity index (χ1) is 8.03. The molecule has 94 valence electrons. The van der Waals surface area contributed by atoms with E-state index in [1.807, 2.05) is 0 Å². The largest absolute Gasteiger partial charge is 0.383 e. The molecule has 2 heterocycles. The van der Waals surface area contributed by atoms with Crippen LogP contribution in [0.15, 0.2) is 12.4 Å². The van der Waals surface area contributed by atoms with E-state index in [0.29, 0.717) is 0 Å². The predicted octanol–water partition coefficient (Wildman–Crippen LogP) is 1.99. The van der Waals surface area contributed by atoms with Crippen molar-refractivity contribution in [2.75, 3.05) is 25.2 Å². The minimum Gasteiger partial charge on any atom is -0.383 e. The summed E-state index contributed by atoms with van der Waals surface area (Å²) in [6.45, 7) is -0.193. The number of aromatic nitrogens is 2. The Morgan fingerprint density at radius 1 is 1.53 bits per heavy atom. The van der Waals surface area contributed by atoms with Gasteiger partial charge in [0.25, 0.3) is 5.92 Å². The van der Waals surface area contributed by atoms with Crippen LogP contribution in [0.2, 0.25) is 5.15 Å². The van der Waals surface area contributed by atoms with Gasteiger partial charge in [-0.1, -0.05) is 11.6 Å². The van der Waals surface area contributed by atoms with Crippen molar-refractivity contribution < 1.29 is 13.5 Å². The van der Waals surface area contributed by atoms with E-state index in [1.54, 1.807) is 0 Å². The van der Waals surface area contributed by atoms with Gasteiger partial charge in [0, 0.05) is 25.9 Å². The van der Waals surface area contributed by atoms with Gasteiger partial charge in [0.2, 0.25) is 0 Å². The van der Waals surface area contributed by atoms with Crippen molar-refractivity contribution in [1.82, 2.24) is 9.97 Å². The zero-order valence-electron chi connectivity index (χ0n) is 9.24. The average molecular weight is 264 g/mol. The fourth-order valence-electron chi connectivity index (χ4n) is 1.99. The van der Waals surface area contributed by atoms with Crippen LogP contribution in [0, 0.1) is 0 Å². The highest BCUT2D eigenvalue weighted by atomic mass is 35.5. The smallest absolute Gasteiger partial charge is 0.267 e. The van der Waals surface area contributed by atoms with Crippen LogP contribution in [0.1, 0.15) is 6.42 Å². The minimum absolute atomic E-state index is 0.131. The second kappa shape index (κ2) is 4.70. The van der Waals surface area contributed by atoms with E-state index in [-0.39, 0.29) is 24.0 Å². The quantitative estimate of drug-likeness (QED) is 0.836. The van der Waals surface area contributed by atoms with Crippen molar-refractivity contribution in [1.29, 1.82) is 0 Å². The Morgan fingerprint density at radius 2 is 2.24 bits per heavy atom. The third-order valence-corrected chi connectivity index (χ3v) is 2.91. The molecule has 1 saturated heterocycles. The Morgan fingerprint density at radius 3 is 2.88 bits per heavy atom. The first kappa shape index (κ1) is 12.4. The zero-order chi connectivity index (χ0) is 12.5. The fourth-order valence-corrected chi connectivity index (χ4v) is 2.21. The van der Waals surface area contributed by atoms with Crippen molar-refractivity contribution in [3.05, 3.63) is 17.5 Å². The van der Waals surface area contributed by atoms with Gasteiger partial charge in [0.05, 0.1) is 19.2 Å². The lowest BCUT2D eigenvalue weighted by atomic mass is 10.2. The Balaban J connectivity index is 2.27. The number of ether oxygens (including phenoxy) is 1. The molecule has 1 atom stereocenters. The molecule has 0 aliphatic carbocycles. The summed E-state index contributed by atoms with van der Waals surface area (Å²) in [6.07, 6.45) is 2.60. The minimum atomic E-state index is -2.75. The number of nitrogens with zero attached hydrogens (tertiary/aromatic N) is 3. The standard InChI is InChI=1S/C10H12ClF2N3O/c1-17-5-7-4-10(12,13)6-16(7)9-8(11)14-2-3-15-9/h2-3,7H,4-6H2,1H3. The van der Waals surface area contributed by atoms with Crippen molar-refractivity contribution in [2.45, 2.75) is 18.4 Å². The maximum atomic E-state index is 13.4. The second-order valence-corrected chi connectivity index (χ2v) is 4.33. The molecule has 0 radical (unpaired) electrons. The van der Waals surface area contributed by atoms with Crippen LogP contribution in [0.3, 0.4) is 0 Å². The Kier molecular flexibility index (Phi) is 3.44. The van der Waals surface area contributed by atoms with Gasteiger partial charge in [-0.2, -0.15) is 0 Å². The molecular formula is C10H12ClF2N3O. The lowest BCUT2D eigenvalue weighted by molar-refractivity contribution is 0.0189. The summed E-state index contributed by atoms with van der Waals surface area (Å²) in [7, 11) is 1.48. The van der Waals surface area contributed by atoms with Crippen LogP contribution < -0.4 is 4.90 Å². The predicted molar refractivity (Wildman–Crippen MR) is 59.6 cm³/mol. The van der Waals surface area contributed by atoms with E-state index in [0.717, 1.165) is 0 Å². The van der Waals surface area contributed by atoms with Gasteiger partial charge in [-0.15, -0.1) is 0 Å². The highest BCUT2D eigenvalue weighted by Crippen LogP contribution is 2.36. The molecule has 0 saturated carbocycles. The highest BCUT2D eigenvalue weighted by Gasteiger charge is 2.46. The van der Waals surface area contributed by atoms with Crippen molar-refractivity contribution in [3.63, 3.8) is 0 Å². The average Bonchev–Trinajstić information content (AvgIpc) is 2.55. The Hall–Kier alpha value is -1.01. The summed E-state index contributed by atoms with van der Waals surface area (Å²) in [4.78, 5) is 9.30. The lowest BCUT2D eigenvalue weighted by Crippen LogP contribution is -2.34. The summed E-state index contributed by atoms with van der Waals surface area (Å²) in [5.41, 5.74) is 0. The molecule has 0 N–H and O–H groups in total. The molecule has 0 aromatic carbocycles. The first-order valence-corrected chi connectivity index (χ1v) is 5.51. The summed E-state index contributed by atoms with van der Waals surface area (Å²) in [6, 6.07) is -0.427. The van der Waals surface area contributed by atoms with E-state index in [9.17, 15) is 8.78 Å². The number of hydrogen-bond donors (Lipinski definition) is 0. The SMILES string of the molecule is COCC1CC(F)(F)CN1c1nccnc1Cl. The third kappa shape index (κ3) is 2.63. The molecule has 7 heteroatoms. The Labute approximate surface area is 103 Å². The van der Waals surface area contributed by atoms with Gasteiger partial charge in [0.15, 0.2) is 11.0 Å². The molecule has 1 aromatic heterocycles. The number of hydrogen-bond acceptors (Lipinski definition) is 4. The molecule has 0 amide bonds. The van der Waals surface area contributed by atoms with Crippen LogP contribution in [-0.4, -0.2) is 42.2 Å². The summed E-state index contributed by atoms with van der Waals surface area (Å²) in [5, 5.41) is 0.131. The molecule has 0 bridgehead atoms. The lowest BCUT2D eigenvalue weighted by Gasteiger charge is -2.24. The molecule has 1 aromatic rings. The van der Waals surface area contributed by atoms with E-state index in [1.165, 1.54) is 24.4 Å². The molecule has 1 aliphatic rings. The van der Waals surface area contributed by atoms with E-state index < -0.39 is 18.5 Å². The zero-order valence-corrected chi connectivity index (χ0v) is 9.99. The molecule has 1 fully saturated rings. The number of methoxy groups -OCH3 is 1. The van der Waals surface area contributed by atoms with Gasteiger partial charge in [-0.05, 0) is 0 Å². The number of anilines is 1. The molecule has 1 unspecified atom stereocenters. The van der Waals surface area contributed by atoms with E-state index in [2.05, 4.69) is 9.97 Å². The molecule has 4 nitrogen and oxygen atoms in total. The van der Waals surface area contributed by atoms with Gasteiger partial charge in [0.1, 0.15) is 0 Å². The summed E-state index contributed by atoms with van der Waals surface area (Å²) < 4.78 is 31.7. The second-order valence-electron chi connectivity index (χ2n) is 3.97. The van der Waals surface area contributed by atoms with E-state index >= 15 is 0 Å². The molecule has 0 spiro atoms. The van der Waals surface area contributed by atoms with E-state index in [4.69, 9.17) is 16.3 Å². The highest BCUT2D eigenvalue weighted by molar-refractivity contribution is 6.31. The Bertz CT molecular complexity index is 405. The number of rotatable bonds is 3. The number of halogens is 3. The topological polar surface area (TPSA) is 38.2 Å². The maximum Gasteiger partial charge on any atom is 0.267 e. The van der Waals surface area contributed by atoms with Gasteiger partial charge in [-0.3, -0.25) is 0 Å². The van der Waals surface area contributed by atoms with Crippen LogP contribution in [-0.2, 0) is 4.74 Å². The van der Waals surface area contributed by atoms with Crippen LogP contribution in [0.25, 0.3) is 0 Å². The fraction of sp³-hybridized carbons (Fsp3) is 0.600. The molecule has 17 heavy (non-hydrogen) atoms. The maximum absolute atomic E-state index is 13.4. The molecule has 1 aliphatic heterocycles. The van der Waals surface area contributed by atoms with Crippen LogP contribution in [0.4, 0.5) is 14.6 Å². The van der Waals surface area contributed by atoms with Crippen molar-refractivity contribution >= 4 is 17.4 Å². The van der Waals surface area contributed by atoms with Gasteiger partial charge >= 0.3 is 0 Å². The monoisotopic (exact) mass is 263 g/mol. The normalized spacial score (nSPS) is 23.1. The molecular weight excluding hydrogens is 252 g/mol. The van der Waals surface area contributed by atoms with Gasteiger partial charge < -0.3 is 9.64 Å². The van der Waals surface area contributed by atoms with Crippen molar-refractivity contribution in [3.8, 4) is 0 Å². The van der Waals surface area contributed by atoms with Crippen LogP contribution >= 0.6 is 11.6 Å². The summed E-state index contributed by atoms with van der Waals surface area (Å²) >= 11 is 5.86. The molecule has 2 rings (SSSR count). The van der Waals surface area contributed by atoms with Crippen LogP contribution in [0.5, 0.6) is 0 Å². The van der Waals surface area contributed by atoms with Gasteiger partial charge in [-0.25, -0.2) is 18.7 Å². The summed E-state index contributed by atoms with van der Waals surface area (Å²) in [5.74, 6) is -2.46. The van der Waals surface area contributed by atoms with Crippen molar-refractivity contribution in [2.24, 2.45) is 0 Å². The first-order valence-electron chi connectivity index (χ1n) is 5.13. The third-order valence-electron chi connectivity index (χ3n) is 2.64.